The standard InChI is InChI=1S/C32H25F3.C31H24F3NO2/c1-2-3-4-5-21-7-13-28-26(16-21)18-27-17-22(8-14-29(27)28)6-9-23-10-11-24(19-31(23)34)25-12-15-30(33)32(35)20-25;1-2-3-4-5-21-6-10-23(11-7-21)27-16-9-22(18-31(27)35(36)37)8-12-24-13-14-25(19-29(24)33)26-15-17-28(32)30(34)20-26/h7-8,10-17,19-20H,2-5,18H2,1H3;6-7,9-11,13-20H,2-5H2,1H3. The smallest absolute Gasteiger partial charge is 0.258 e. The van der Waals surface area contributed by atoms with Gasteiger partial charge < -0.3 is 0 Å². The van der Waals surface area contributed by atoms with Crippen molar-refractivity contribution in [3.8, 4) is 68.2 Å². The summed E-state index contributed by atoms with van der Waals surface area (Å²) in [5.41, 5.74) is 12.0. The number of unbranched alkanes of at least 4 members (excludes halogenated alkanes) is 4. The van der Waals surface area contributed by atoms with E-state index in [1.54, 1.807) is 30.3 Å². The Hall–Kier alpha value is -8.14. The Morgan fingerprint density at radius 3 is 1.35 bits per heavy atom. The zero-order chi connectivity index (χ0) is 50.7. The van der Waals surface area contributed by atoms with E-state index in [2.05, 4.69) is 67.9 Å². The predicted molar refractivity (Wildman–Crippen MR) is 275 cm³/mol. The van der Waals surface area contributed by atoms with Gasteiger partial charge in [0.25, 0.3) is 5.69 Å². The highest BCUT2D eigenvalue weighted by atomic mass is 19.2. The van der Waals surface area contributed by atoms with Gasteiger partial charge in [0.2, 0.25) is 0 Å². The molecule has 9 heteroatoms. The molecular weight excluding hydrogens is 917 g/mol. The number of aryl methyl sites for hydroxylation is 2. The fourth-order valence-corrected chi connectivity index (χ4v) is 8.73. The largest absolute Gasteiger partial charge is 0.278 e. The second kappa shape index (κ2) is 23.2. The average Bonchev–Trinajstić information content (AvgIpc) is 3.75. The lowest BCUT2D eigenvalue weighted by Gasteiger charge is -2.06. The first-order chi connectivity index (χ1) is 34.9. The number of benzene rings is 8. The second-order valence-corrected chi connectivity index (χ2v) is 17.8. The minimum atomic E-state index is -1.02. The average molecular weight is 966 g/mol. The van der Waals surface area contributed by atoms with Gasteiger partial charge in [-0.15, -0.1) is 0 Å². The molecule has 1 aliphatic rings. The van der Waals surface area contributed by atoms with Crippen LogP contribution in [0.4, 0.5) is 32.0 Å². The summed E-state index contributed by atoms with van der Waals surface area (Å²) in [5, 5.41) is 11.8. The molecule has 360 valence electrons. The first-order valence-corrected chi connectivity index (χ1v) is 24.0. The molecule has 0 saturated carbocycles. The summed E-state index contributed by atoms with van der Waals surface area (Å²) >= 11 is 0. The third-order valence-corrected chi connectivity index (χ3v) is 12.7. The van der Waals surface area contributed by atoms with Crippen molar-refractivity contribution in [2.75, 3.05) is 0 Å². The molecule has 0 bridgehead atoms. The molecule has 72 heavy (non-hydrogen) atoms. The van der Waals surface area contributed by atoms with Gasteiger partial charge in [0.05, 0.1) is 21.6 Å². The Kier molecular flexibility index (Phi) is 16.2. The molecule has 1 aliphatic carbocycles. The van der Waals surface area contributed by atoms with Crippen LogP contribution in [-0.4, -0.2) is 4.92 Å². The van der Waals surface area contributed by atoms with Crippen LogP contribution >= 0.6 is 0 Å². The van der Waals surface area contributed by atoms with Gasteiger partial charge in [-0.3, -0.25) is 10.1 Å². The highest BCUT2D eigenvalue weighted by molar-refractivity contribution is 5.78. The number of nitrogens with zero attached hydrogens (tertiary/aromatic N) is 1. The summed E-state index contributed by atoms with van der Waals surface area (Å²) in [7, 11) is 0. The van der Waals surface area contributed by atoms with Crippen LogP contribution in [0.25, 0.3) is 44.5 Å². The van der Waals surface area contributed by atoms with Crippen LogP contribution < -0.4 is 0 Å². The van der Waals surface area contributed by atoms with Crippen LogP contribution in [0.2, 0.25) is 0 Å². The molecule has 0 N–H and O–H groups in total. The zero-order valence-electron chi connectivity index (χ0n) is 39.8. The molecule has 0 atom stereocenters. The van der Waals surface area contributed by atoms with Crippen molar-refractivity contribution < 1.29 is 31.3 Å². The number of hydrogen-bond donors (Lipinski definition) is 0. The minimum Gasteiger partial charge on any atom is -0.258 e. The van der Waals surface area contributed by atoms with Gasteiger partial charge in [0.1, 0.15) is 11.6 Å². The van der Waals surface area contributed by atoms with E-state index in [4.69, 9.17) is 0 Å². The number of rotatable bonds is 12. The normalized spacial score (nSPS) is 11.1. The SMILES string of the molecule is CCCCCc1ccc(-c2ccc(C#Cc3ccc(-c4ccc(F)c(F)c4)cc3F)cc2[N+](=O)[O-])cc1.CCCCCc1ccc2c(c1)Cc1cc(C#Cc3ccc(-c4ccc(F)c(F)c4)cc3F)ccc1-2. The summed E-state index contributed by atoms with van der Waals surface area (Å²) in [6, 6.07) is 41.0. The maximum atomic E-state index is 14.7. The molecule has 0 amide bonds. The van der Waals surface area contributed by atoms with E-state index >= 15 is 0 Å². The Balaban J connectivity index is 0.000000193. The van der Waals surface area contributed by atoms with Crippen LogP contribution in [0.5, 0.6) is 0 Å². The van der Waals surface area contributed by atoms with E-state index in [0.717, 1.165) is 73.9 Å². The van der Waals surface area contributed by atoms with E-state index in [-0.39, 0.29) is 16.8 Å². The topological polar surface area (TPSA) is 43.1 Å². The van der Waals surface area contributed by atoms with Crippen molar-refractivity contribution in [1.29, 1.82) is 0 Å². The number of halogens is 6. The van der Waals surface area contributed by atoms with Crippen LogP contribution in [0.15, 0.2) is 152 Å². The summed E-state index contributed by atoms with van der Waals surface area (Å²) in [6.45, 7) is 4.38. The van der Waals surface area contributed by atoms with Crippen LogP contribution in [-0.2, 0) is 19.3 Å². The highest BCUT2D eigenvalue weighted by Crippen LogP contribution is 2.38. The Morgan fingerprint density at radius 1 is 0.417 bits per heavy atom. The van der Waals surface area contributed by atoms with Gasteiger partial charge in [-0.2, -0.15) is 0 Å². The first-order valence-electron chi connectivity index (χ1n) is 24.0. The van der Waals surface area contributed by atoms with Gasteiger partial charge in [-0.05, 0) is 166 Å². The summed E-state index contributed by atoms with van der Waals surface area (Å²) in [6.07, 6.45) is 10.1. The van der Waals surface area contributed by atoms with Gasteiger partial charge in [-0.1, -0.05) is 136 Å². The quantitative estimate of drug-likeness (QED) is 0.0403. The summed E-state index contributed by atoms with van der Waals surface area (Å²) < 4.78 is 82.8. The van der Waals surface area contributed by atoms with Crippen molar-refractivity contribution in [3.05, 3.63) is 241 Å². The number of nitro groups is 1. The Morgan fingerprint density at radius 2 is 0.847 bits per heavy atom. The van der Waals surface area contributed by atoms with E-state index in [1.165, 1.54) is 89.0 Å². The Bertz CT molecular complexity index is 3430. The molecule has 0 heterocycles. The molecule has 0 unspecified atom stereocenters. The highest BCUT2D eigenvalue weighted by Gasteiger charge is 2.20. The summed E-state index contributed by atoms with van der Waals surface area (Å²) in [4.78, 5) is 11.3. The lowest BCUT2D eigenvalue weighted by atomic mass is 9.98. The number of hydrogen-bond acceptors (Lipinski definition) is 2. The third-order valence-electron chi connectivity index (χ3n) is 12.7. The maximum Gasteiger partial charge on any atom is 0.278 e. The molecular formula is C63H49F6NO2. The molecule has 3 nitrogen and oxygen atoms in total. The monoisotopic (exact) mass is 965 g/mol. The van der Waals surface area contributed by atoms with Crippen molar-refractivity contribution in [2.45, 2.75) is 71.6 Å². The molecule has 9 rings (SSSR count). The summed E-state index contributed by atoms with van der Waals surface area (Å²) in [5.74, 6) is 6.47. The molecule has 8 aromatic rings. The maximum absolute atomic E-state index is 14.7. The predicted octanol–water partition coefficient (Wildman–Crippen LogP) is 17.0. The molecule has 0 aliphatic heterocycles. The molecule has 8 aromatic carbocycles. The Labute approximate surface area is 416 Å². The fourth-order valence-electron chi connectivity index (χ4n) is 8.73. The van der Waals surface area contributed by atoms with Crippen LogP contribution in [0, 0.1) is 68.7 Å². The molecule has 0 fully saturated rings. The fraction of sp³-hybridized carbons (Fsp3) is 0.175. The van der Waals surface area contributed by atoms with Gasteiger partial charge in [-0.25, -0.2) is 26.3 Å². The van der Waals surface area contributed by atoms with Crippen molar-refractivity contribution in [1.82, 2.24) is 0 Å². The van der Waals surface area contributed by atoms with Gasteiger partial charge >= 0.3 is 0 Å². The first kappa shape index (κ1) is 50.3. The molecule has 0 aromatic heterocycles. The number of fused-ring (bicyclic) bond motifs is 3. The lowest BCUT2D eigenvalue weighted by Crippen LogP contribution is -1.94. The minimum absolute atomic E-state index is 0.0803. The van der Waals surface area contributed by atoms with E-state index in [0.29, 0.717) is 33.4 Å². The van der Waals surface area contributed by atoms with Crippen LogP contribution in [0.1, 0.15) is 96.9 Å². The van der Waals surface area contributed by atoms with E-state index < -0.39 is 39.8 Å². The number of nitro benzene ring substituents is 1. The van der Waals surface area contributed by atoms with Crippen molar-refractivity contribution >= 4 is 5.69 Å². The van der Waals surface area contributed by atoms with Gasteiger partial charge in [0, 0.05) is 17.2 Å². The molecule has 0 spiro atoms. The second-order valence-electron chi connectivity index (χ2n) is 17.8. The molecule has 0 saturated heterocycles. The molecule has 0 radical (unpaired) electrons. The zero-order valence-corrected chi connectivity index (χ0v) is 39.8. The lowest BCUT2D eigenvalue weighted by molar-refractivity contribution is -0.384. The van der Waals surface area contributed by atoms with Gasteiger partial charge in [0.15, 0.2) is 23.3 Å². The third kappa shape index (κ3) is 12.2. The van der Waals surface area contributed by atoms with E-state index in [1.807, 2.05) is 30.3 Å². The van der Waals surface area contributed by atoms with Crippen LogP contribution in [0.3, 0.4) is 0 Å². The van der Waals surface area contributed by atoms with Crippen molar-refractivity contribution in [2.24, 2.45) is 0 Å². The van der Waals surface area contributed by atoms with E-state index in [9.17, 15) is 36.5 Å². The van der Waals surface area contributed by atoms with Crippen molar-refractivity contribution in [3.63, 3.8) is 0 Å².